The minimum atomic E-state index is -6.60. The molecule has 0 bridgehead atoms. The number of alkyl halides is 6. The fourth-order valence-electron chi connectivity index (χ4n) is 1.05. The van der Waals surface area contributed by atoms with Gasteiger partial charge in [-0.2, -0.15) is 26.3 Å². The van der Waals surface area contributed by atoms with Crippen molar-refractivity contribution < 1.29 is 43.2 Å². The molecule has 0 aliphatic carbocycles. The molecule has 7 nitrogen and oxygen atoms in total. The summed E-state index contributed by atoms with van der Waals surface area (Å²) in [6, 6.07) is 0. The van der Waals surface area contributed by atoms with Crippen molar-refractivity contribution in [3.8, 4) is 0 Å². The first-order chi connectivity index (χ1) is 10.6. The molecule has 1 heterocycles. The summed E-state index contributed by atoms with van der Waals surface area (Å²) in [6.45, 7) is 7.82. The van der Waals surface area contributed by atoms with Gasteiger partial charge in [-0.3, -0.25) is 0 Å². The number of sulfonamides is 2. The molecule has 0 spiro atoms. The zero-order valence-electron chi connectivity index (χ0n) is 12.0. The largest absolute Gasteiger partial charge is 0.512 e. The molecule has 0 fully saturated rings. The number of hydrogen-bond acceptors (Lipinski definition) is 6. The SMILES string of the molecule is C=CN1C=CN(CC)C1.O=S(=O)(NS(=O)(=O)C(F)(F)F)C(F)(F)F. The summed E-state index contributed by atoms with van der Waals surface area (Å²) in [5.74, 6) is 0. The molecule has 1 N–H and O–H groups in total. The van der Waals surface area contributed by atoms with Crippen LogP contribution in [-0.2, 0) is 20.0 Å². The summed E-state index contributed by atoms with van der Waals surface area (Å²) in [5, 5.41) is 0. The van der Waals surface area contributed by atoms with Gasteiger partial charge >= 0.3 is 31.1 Å². The first kappa shape index (κ1) is 22.5. The van der Waals surface area contributed by atoms with Crippen LogP contribution in [0.1, 0.15) is 6.92 Å². The van der Waals surface area contributed by atoms with Crippen LogP contribution < -0.4 is 4.13 Å². The molecule has 0 aromatic rings. The van der Waals surface area contributed by atoms with E-state index in [0.717, 1.165) is 13.2 Å². The number of halogens is 6. The predicted octanol–water partition coefficient (Wildman–Crippen LogP) is 1.47. The Morgan fingerprint density at radius 2 is 1.46 bits per heavy atom. The zero-order chi connectivity index (χ0) is 19.4. The third-order valence-electron chi connectivity index (χ3n) is 2.28. The van der Waals surface area contributed by atoms with E-state index in [0.29, 0.717) is 0 Å². The van der Waals surface area contributed by atoms with Crippen LogP contribution in [0.3, 0.4) is 0 Å². The fraction of sp³-hybridized carbons (Fsp3) is 0.556. The van der Waals surface area contributed by atoms with E-state index in [1.165, 1.54) is 0 Å². The lowest BCUT2D eigenvalue weighted by molar-refractivity contribution is -0.0476. The smallest absolute Gasteiger partial charge is 0.359 e. The first-order valence-corrected chi connectivity index (χ1v) is 8.76. The van der Waals surface area contributed by atoms with Crippen LogP contribution in [0.25, 0.3) is 0 Å². The molecule has 1 rings (SSSR count). The molecule has 0 amide bonds. The van der Waals surface area contributed by atoms with Crippen LogP contribution in [0.2, 0.25) is 0 Å². The first-order valence-electron chi connectivity index (χ1n) is 5.79. The zero-order valence-corrected chi connectivity index (χ0v) is 13.6. The van der Waals surface area contributed by atoms with Gasteiger partial charge in [0.05, 0.1) is 6.67 Å². The predicted molar refractivity (Wildman–Crippen MR) is 71.5 cm³/mol. The molecule has 0 saturated heterocycles. The van der Waals surface area contributed by atoms with Crippen LogP contribution in [0.4, 0.5) is 26.3 Å². The highest BCUT2D eigenvalue weighted by Crippen LogP contribution is 2.27. The quantitative estimate of drug-likeness (QED) is 0.713. The molecule has 24 heavy (non-hydrogen) atoms. The third-order valence-corrected chi connectivity index (χ3v) is 5.26. The molecule has 0 saturated carbocycles. The van der Waals surface area contributed by atoms with Gasteiger partial charge in [0.25, 0.3) is 0 Å². The lowest BCUT2D eigenvalue weighted by Crippen LogP contribution is -2.45. The van der Waals surface area contributed by atoms with E-state index in [9.17, 15) is 43.2 Å². The van der Waals surface area contributed by atoms with Crippen LogP contribution in [0, 0.1) is 0 Å². The van der Waals surface area contributed by atoms with Crippen LogP contribution in [-0.4, -0.2) is 50.9 Å². The highest BCUT2D eigenvalue weighted by molar-refractivity contribution is 8.05. The van der Waals surface area contributed by atoms with E-state index in [2.05, 4.69) is 24.6 Å². The van der Waals surface area contributed by atoms with Gasteiger partial charge in [-0.1, -0.05) is 10.7 Å². The minimum absolute atomic E-state index is 0.493. The molecule has 0 aromatic heterocycles. The van der Waals surface area contributed by atoms with Crippen molar-refractivity contribution in [1.82, 2.24) is 13.9 Å². The molecule has 15 heteroatoms. The number of nitrogens with one attached hydrogen (secondary N) is 1. The molecule has 1 aliphatic rings. The van der Waals surface area contributed by atoms with Gasteiger partial charge in [-0.25, -0.2) is 16.8 Å². The second kappa shape index (κ2) is 7.60. The second-order valence-corrected chi connectivity index (χ2v) is 7.63. The van der Waals surface area contributed by atoms with Gasteiger partial charge in [0.2, 0.25) is 0 Å². The highest BCUT2D eigenvalue weighted by atomic mass is 32.3. The molecule has 0 unspecified atom stereocenters. The summed E-state index contributed by atoms with van der Waals surface area (Å²) in [5.41, 5.74) is -12.3. The average Bonchev–Trinajstić information content (AvgIpc) is 2.83. The average molecular weight is 405 g/mol. The van der Waals surface area contributed by atoms with Gasteiger partial charge in [-0.15, -0.1) is 0 Å². The Kier molecular flexibility index (Phi) is 7.14. The molecule has 0 atom stereocenters. The van der Waals surface area contributed by atoms with E-state index >= 15 is 0 Å². The topological polar surface area (TPSA) is 86.8 Å². The van der Waals surface area contributed by atoms with Crippen LogP contribution in [0.5, 0.6) is 0 Å². The van der Waals surface area contributed by atoms with E-state index in [1.54, 1.807) is 0 Å². The molecule has 1 aliphatic heterocycles. The van der Waals surface area contributed by atoms with Gasteiger partial charge in [0.15, 0.2) is 0 Å². The highest BCUT2D eigenvalue weighted by Gasteiger charge is 2.55. The van der Waals surface area contributed by atoms with E-state index in [4.69, 9.17) is 0 Å². The van der Waals surface area contributed by atoms with Crippen molar-refractivity contribution >= 4 is 20.0 Å². The summed E-state index contributed by atoms with van der Waals surface area (Å²) < 4.78 is 108. The number of nitrogens with zero attached hydrogens (tertiary/aromatic N) is 2. The van der Waals surface area contributed by atoms with Crippen molar-refractivity contribution in [2.24, 2.45) is 0 Å². The fourth-order valence-corrected chi connectivity index (χ4v) is 2.96. The Morgan fingerprint density at radius 3 is 1.67 bits per heavy atom. The van der Waals surface area contributed by atoms with Crippen molar-refractivity contribution in [3.63, 3.8) is 0 Å². The Morgan fingerprint density at radius 1 is 1.04 bits per heavy atom. The second-order valence-electron chi connectivity index (χ2n) is 4.02. The number of hydrogen-bond donors (Lipinski definition) is 1. The molecule has 0 radical (unpaired) electrons. The maximum atomic E-state index is 11.5. The van der Waals surface area contributed by atoms with Crippen LogP contribution >= 0.6 is 0 Å². The minimum Gasteiger partial charge on any atom is -0.359 e. The Bertz CT molecular complexity index is 626. The Labute approximate surface area is 134 Å². The summed E-state index contributed by atoms with van der Waals surface area (Å²) >= 11 is 0. The number of rotatable bonds is 4. The van der Waals surface area contributed by atoms with E-state index in [1.807, 2.05) is 17.3 Å². The van der Waals surface area contributed by atoms with Crippen LogP contribution in [0.15, 0.2) is 25.2 Å². The molecular formula is C9H13F6N3O4S2. The van der Waals surface area contributed by atoms with Crippen molar-refractivity contribution in [3.05, 3.63) is 25.2 Å². The summed E-state index contributed by atoms with van der Waals surface area (Å²) in [4.78, 5) is 4.26. The molecular weight excluding hydrogens is 392 g/mol. The maximum absolute atomic E-state index is 11.5. The Hall–Kier alpha value is -1.48. The monoisotopic (exact) mass is 405 g/mol. The van der Waals surface area contributed by atoms with Crippen molar-refractivity contribution in [1.29, 1.82) is 0 Å². The summed E-state index contributed by atoms with van der Waals surface area (Å²) in [7, 11) is -13.2. The van der Waals surface area contributed by atoms with Gasteiger partial charge in [-0.05, 0) is 13.1 Å². The maximum Gasteiger partial charge on any atom is 0.512 e. The van der Waals surface area contributed by atoms with Gasteiger partial charge in [0.1, 0.15) is 0 Å². The lowest BCUT2D eigenvalue weighted by Gasteiger charge is -2.15. The standard InChI is InChI=1S/C7H12N2.C2HF6NO4S2/c1-3-8-5-6-9(4-2)7-8;3-1(4,5)14(10,11)9-15(12,13)2(6,7)8/h3,5-6H,1,4,7H2,2H3;9H. The molecule has 0 aromatic carbocycles. The van der Waals surface area contributed by atoms with Gasteiger partial charge in [0, 0.05) is 18.9 Å². The van der Waals surface area contributed by atoms with E-state index in [-0.39, 0.29) is 0 Å². The summed E-state index contributed by atoms with van der Waals surface area (Å²) in [6.07, 6.45) is 5.92. The lowest BCUT2D eigenvalue weighted by atomic mass is 10.6. The Balaban J connectivity index is 0.000000496. The van der Waals surface area contributed by atoms with E-state index < -0.39 is 35.2 Å². The van der Waals surface area contributed by atoms with Gasteiger partial charge < -0.3 is 9.80 Å². The molecule has 142 valence electrons. The van der Waals surface area contributed by atoms with Crippen molar-refractivity contribution in [2.45, 2.75) is 17.9 Å². The normalized spacial score (nSPS) is 16.0. The van der Waals surface area contributed by atoms with Crippen molar-refractivity contribution in [2.75, 3.05) is 13.2 Å². The third kappa shape index (κ3) is 6.20.